The van der Waals surface area contributed by atoms with Gasteiger partial charge in [-0.15, -0.1) is 0 Å². The van der Waals surface area contributed by atoms with E-state index in [1.54, 1.807) is 11.9 Å². The summed E-state index contributed by atoms with van der Waals surface area (Å²) in [5.74, 6) is -0.0477. The van der Waals surface area contributed by atoms with Gasteiger partial charge in [-0.3, -0.25) is 4.79 Å². The predicted molar refractivity (Wildman–Crippen MR) is 103 cm³/mol. The summed E-state index contributed by atoms with van der Waals surface area (Å²) < 4.78 is 5.16. The molecular weight excluding hydrogens is 350 g/mol. The van der Waals surface area contributed by atoms with Gasteiger partial charge in [-0.25, -0.2) is 9.59 Å². The van der Waals surface area contributed by atoms with Crippen LogP contribution in [0.5, 0.6) is 0 Å². The average molecular weight is 386 g/mol. The van der Waals surface area contributed by atoms with Gasteiger partial charge in [-0.05, 0) is 52.9 Å². The maximum Gasteiger partial charge on any atom is 0.407 e. The van der Waals surface area contributed by atoms with E-state index in [2.05, 4.69) is 16.0 Å². The summed E-state index contributed by atoms with van der Waals surface area (Å²) in [5.41, 5.74) is 5.52. The van der Waals surface area contributed by atoms with E-state index in [4.69, 9.17) is 10.5 Å². The molecule has 0 aromatic heterocycles. The number of nitrogens with two attached hydrogens (primary N) is 1. The summed E-state index contributed by atoms with van der Waals surface area (Å²) in [6, 6.07) is -0.643. The second-order valence-corrected chi connectivity index (χ2v) is 7.85. The minimum absolute atomic E-state index is 0.0477. The molecule has 1 saturated heterocycles. The van der Waals surface area contributed by atoms with Crippen molar-refractivity contribution >= 4 is 18.0 Å². The molecule has 0 spiro atoms. The van der Waals surface area contributed by atoms with Crippen molar-refractivity contribution in [2.24, 2.45) is 5.73 Å². The second-order valence-electron chi connectivity index (χ2n) is 7.85. The lowest BCUT2D eigenvalue weighted by Crippen LogP contribution is -2.51. The quantitative estimate of drug-likeness (QED) is 0.485. The van der Waals surface area contributed by atoms with Gasteiger partial charge < -0.3 is 31.3 Å². The molecule has 4 amide bonds. The van der Waals surface area contributed by atoms with Crippen LogP contribution >= 0.6 is 0 Å². The van der Waals surface area contributed by atoms with E-state index in [0.29, 0.717) is 26.1 Å². The van der Waals surface area contributed by atoms with E-state index in [9.17, 15) is 14.4 Å². The van der Waals surface area contributed by atoms with Crippen LogP contribution in [0.1, 0.15) is 52.9 Å². The zero-order valence-corrected chi connectivity index (χ0v) is 17.0. The summed E-state index contributed by atoms with van der Waals surface area (Å²) >= 11 is 0. The molecule has 1 atom stereocenters. The molecule has 0 bridgehead atoms. The topological polar surface area (TPSA) is 126 Å². The van der Waals surface area contributed by atoms with E-state index in [0.717, 1.165) is 25.7 Å². The third-order valence-corrected chi connectivity index (χ3v) is 4.30. The Kier molecular flexibility index (Phi) is 9.34. The first-order valence-corrected chi connectivity index (χ1v) is 9.62. The van der Waals surface area contributed by atoms with Crippen LogP contribution in [0.3, 0.4) is 0 Å². The molecule has 1 fully saturated rings. The highest BCUT2D eigenvalue weighted by atomic mass is 16.6. The van der Waals surface area contributed by atoms with E-state index >= 15 is 0 Å². The highest BCUT2D eigenvalue weighted by molar-refractivity contribution is 5.81. The highest BCUT2D eigenvalue weighted by Crippen LogP contribution is 2.13. The standard InChI is InChI=1S/C18H35N5O4/c1-18(2,3)27-17(26)21-10-6-5-7-14(19)15(24)23-11-8-13(9-12-23)22-16(25)20-4/h13-14H,5-12,19H2,1-4H3,(H,21,26)(H2,20,22,25)/t14-/m1/s1. The van der Waals surface area contributed by atoms with Gasteiger partial charge in [0.15, 0.2) is 0 Å². The molecular formula is C18H35N5O4. The molecule has 1 aliphatic heterocycles. The summed E-state index contributed by atoms with van der Waals surface area (Å²) in [6.07, 6.45) is 3.08. The summed E-state index contributed by atoms with van der Waals surface area (Å²) in [6.45, 7) is 7.13. The molecule has 27 heavy (non-hydrogen) atoms. The lowest BCUT2D eigenvalue weighted by atomic mass is 10.0. The largest absolute Gasteiger partial charge is 0.444 e. The number of amides is 4. The van der Waals surface area contributed by atoms with Gasteiger partial charge in [0.25, 0.3) is 0 Å². The van der Waals surface area contributed by atoms with Crippen molar-refractivity contribution in [3.8, 4) is 0 Å². The Balaban J connectivity index is 2.18. The van der Waals surface area contributed by atoms with Crippen LogP contribution in [0, 0.1) is 0 Å². The molecule has 1 rings (SSSR count). The number of alkyl carbamates (subject to hydrolysis) is 1. The van der Waals surface area contributed by atoms with Gasteiger partial charge in [0.2, 0.25) is 5.91 Å². The molecule has 5 N–H and O–H groups in total. The van der Waals surface area contributed by atoms with Crippen molar-refractivity contribution in [3.05, 3.63) is 0 Å². The lowest BCUT2D eigenvalue weighted by molar-refractivity contribution is -0.133. The predicted octanol–water partition coefficient (Wildman–Crippen LogP) is 0.929. The smallest absolute Gasteiger partial charge is 0.407 e. The average Bonchev–Trinajstić information content (AvgIpc) is 2.59. The molecule has 9 heteroatoms. The molecule has 0 aromatic carbocycles. The van der Waals surface area contributed by atoms with Crippen LogP contribution in [0.4, 0.5) is 9.59 Å². The van der Waals surface area contributed by atoms with Crippen molar-refractivity contribution in [3.63, 3.8) is 0 Å². The minimum Gasteiger partial charge on any atom is -0.444 e. The summed E-state index contributed by atoms with van der Waals surface area (Å²) in [4.78, 5) is 37.1. The maximum absolute atomic E-state index is 12.4. The molecule has 0 aromatic rings. The number of nitrogens with zero attached hydrogens (tertiary/aromatic N) is 1. The van der Waals surface area contributed by atoms with Gasteiger partial charge >= 0.3 is 12.1 Å². The number of urea groups is 1. The van der Waals surface area contributed by atoms with Crippen LogP contribution < -0.4 is 21.7 Å². The number of ether oxygens (including phenoxy) is 1. The van der Waals surface area contributed by atoms with Crippen LogP contribution in [0.15, 0.2) is 0 Å². The number of unbranched alkanes of at least 4 members (excludes halogenated alkanes) is 1. The van der Waals surface area contributed by atoms with Crippen LogP contribution in [0.2, 0.25) is 0 Å². The molecule has 0 unspecified atom stereocenters. The number of nitrogens with one attached hydrogen (secondary N) is 3. The fourth-order valence-corrected chi connectivity index (χ4v) is 2.85. The molecule has 0 radical (unpaired) electrons. The normalized spacial score (nSPS) is 16.4. The van der Waals surface area contributed by atoms with Gasteiger partial charge in [-0.2, -0.15) is 0 Å². The minimum atomic E-state index is -0.532. The van der Waals surface area contributed by atoms with Gasteiger partial charge in [0, 0.05) is 32.7 Å². The molecule has 156 valence electrons. The van der Waals surface area contributed by atoms with E-state index < -0.39 is 17.7 Å². The highest BCUT2D eigenvalue weighted by Gasteiger charge is 2.26. The Labute approximate surface area is 161 Å². The third-order valence-electron chi connectivity index (χ3n) is 4.30. The fraction of sp³-hybridized carbons (Fsp3) is 0.833. The maximum atomic E-state index is 12.4. The monoisotopic (exact) mass is 385 g/mol. The first kappa shape index (κ1) is 23.0. The Morgan fingerprint density at radius 3 is 2.37 bits per heavy atom. The summed E-state index contributed by atoms with van der Waals surface area (Å²) in [5, 5.41) is 8.09. The number of hydrogen-bond donors (Lipinski definition) is 4. The van der Waals surface area contributed by atoms with Gasteiger partial charge in [-0.1, -0.05) is 0 Å². The Bertz CT molecular complexity index is 498. The number of carbonyl (C=O) groups is 3. The van der Waals surface area contributed by atoms with Crippen LogP contribution in [0.25, 0.3) is 0 Å². The number of likely N-dealkylation sites (tertiary alicyclic amines) is 1. The lowest BCUT2D eigenvalue weighted by Gasteiger charge is -2.33. The fourth-order valence-electron chi connectivity index (χ4n) is 2.85. The Morgan fingerprint density at radius 1 is 1.19 bits per heavy atom. The SMILES string of the molecule is CNC(=O)NC1CCN(C(=O)[C@H](N)CCCCNC(=O)OC(C)(C)C)CC1. The number of piperidine rings is 1. The number of rotatable bonds is 7. The Hall–Kier alpha value is -2.03. The first-order valence-electron chi connectivity index (χ1n) is 9.62. The van der Waals surface area contributed by atoms with Crippen LogP contribution in [-0.4, -0.2) is 67.3 Å². The number of carbonyl (C=O) groups excluding carboxylic acids is 3. The molecule has 1 heterocycles. The van der Waals surface area contributed by atoms with E-state index in [1.165, 1.54) is 0 Å². The zero-order chi connectivity index (χ0) is 20.4. The molecule has 0 saturated carbocycles. The van der Waals surface area contributed by atoms with E-state index in [-0.39, 0.29) is 18.0 Å². The molecule has 0 aliphatic carbocycles. The molecule has 9 nitrogen and oxygen atoms in total. The summed E-state index contributed by atoms with van der Waals surface area (Å²) in [7, 11) is 1.58. The van der Waals surface area contributed by atoms with Gasteiger partial charge in [0.05, 0.1) is 6.04 Å². The van der Waals surface area contributed by atoms with Crippen molar-refractivity contribution in [1.82, 2.24) is 20.9 Å². The van der Waals surface area contributed by atoms with Crippen molar-refractivity contribution in [2.45, 2.75) is 70.6 Å². The Morgan fingerprint density at radius 2 is 1.81 bits per heavy atom. The van der Waals surface area contributed by atoms with Gasteiger partial charge in [0.1, 0.15) is 5.60 Å². The van der Waals surface area contributed by atoms with Crippen molar-refractivity contribution in [1.29, 1.82) is 0 Å². The first-order chi connectivity index (χ1) is 12.6. The van der Waals surface area contributed by atoms with E-state index in [1.807, 2.05) is 20.8 Å². The van der Waals surface area contributed by atoms with Crippen LogP contribution in [-0.2, 0) is 9.53 Å². The van der Waals surface area contributed by atoms with Crippen molar-refractivity contribution in [2.75, 3.05) is 26.7 Å². The number of hydrogen-bond acceptors (Lipinski definition) is 5. The second kappa shape index (κ2) is 11.0. The van der Waals surface area contributed by atoms with Crippen molar-refractivity contribution < 1.29 is 19.1 Å². The third kappa shape index (κ3) is 9.46. The zero-order valence-electron chi connectivity index (χ0n) is 17.0. The molecule has 1 aliphatic rings.